The SMILES string of the molecule is CNCC(=O)NC1CCN(c2cc3c(C(C)C)c(-c4cc(OC)c5ncnn5c4)[nH]c3cn2)CC1. The number of carbonyl (C=O) groups excluding carboxylic acids is 1. The molecule has 5 rings (SSSR count). The van der Waals surface area contributed by atoms with Crippen molar-refractivity contribution in [2.45, 2.75) is 38.6 Å². The number of H-pyrrole nitrogens is 1. The fraction of sp³-hybridized carbons (Fsp3) is 0.440. The molecule has 1 fully saturated rings. The van der Waals surface area contributed by atoms with Crippen molar-refractivity contribution in [2.75, 3.05) is 38.7 Å². The van der Waals surface area contributed by atoms with Crippen molar-refractivity contribution in [1.29, 1.82) is 0 Å². The van der Waals surface area contributed by atoms with E-state index < -0.39 is 0 Å². The van der Waals surface area contributed by atoms with Crippen LogP contribution in [0.1, 0.15) is 38.2 Å². The lowest BCUT2D eigenvalue weighted by Crippen LogP contribution is -2.46. The van der Waals surface area contributed by atoms with Gasteiger partial charge >= 0.3 is 0 Å². The highest BCUT2D eigenvalue weighted by molar-refractivity contribution is 5.92. The van der Waals surface area contributed by atoms with Crippen LogP contribution in [0.25, 0.3) is 27.8 Å². The highest BCUT2D eigenvalue weighted by Crippen LogP contribution is 2.38. The van der Waals surface area contributed by atoms with Crippen LogP contribution >= 0.6 is 0 Å². The van der Waals surface area contributed by atoms with E-state index in [4.69, 9.17) is 9.72 Å². The number of hydrogen-bond acceptors (Lipinski definition) is 7. The summed E-state index contributed by atoms with van der Waals surface area (Å²) in [6.45, 7) is 6.48. The number of hydrogen-bond donors (Lipinski definition) is 3. The number of amides is 1. The normalized spacial score (nSPS) is 14.8. The van der Waals surface area contributed by atoms with Gasteiger partial charge in [0.15, 0.2) is 11.4 Å². The lowest BCUT2D eigenvalue weighted by Gasteiger charge is -2.33. The molecule has 1 aliphatic rings. The van der Waals surface area contributed by atoms with E-state index in [-0.39, 0.29) is 11.9 Å². The second-order valence-corrected chi connectivity index (χ2v) is 9.34. The molecule has 0 atom stereocenters. The molecule has 0 aromatic carbocycles. The Hall–Kier alpha value is -3.66. The molecule has 5 heterocycles. The van der Waals surface area contributed by atoms with Crippen molar-refractivity contribution in [3.8, 4) is 17.0 Å². The summed E-state index contributed by atoms with van der Waals surface area (Å²) in [5.41, 5.74) is 4.95. The van der Waals surface area contributed by atoms with Gasteiger partial charge in [0.25, 0.3) is 0 Å². The van der Waals surface area contributed by atoms with Gasteiger partial charge in [-0.15, -0.1) is 0 Å². The molecule has 0 radical (unpaired) electrons. The fourth-order valence-electron chi connectivity index (χ4n) is 4.98. The van der Waals surface area contributed by atoms with Crippen molar-refractivity contribution in [1.82, 2.24) is 35.2 Å². The summed E-state index contributed by atoms with van der Waals surface area (Å²) in [5, 5.41) is 11.5. The Bertz CT molecular complexity index is 1350. The number of rotatable bonds is 7. The van der Waals surface area contributed by atoms with Crippen molar-refractivity contribution in [2.24, 2.45) is 0 Å². The van der Waals surface area contributed by atoms with E-state index in [0.29, 0.717) is 23.9 Å². The van der Waals surface area contributed by atoms with Gasteiger partial charge in [-0.3, -0.25) is 4.79 Å². The number of aromatic amines is 1. The Morgan fingerprint density at radius 3 is 2.77 bits per heavy atom. The van der Waals surface area contributed by atoms with Crippen LogP contribution < -0.4 is 20.3 Å². The van der Waals surface area contributed by atoms with E-state index in [1.165, 1.54) is 17.3 Å². The van der Waals surface area contributed by atoms with Crippen molar-refractivity contribution in [3.05, 3.63) is 36.4 Å². The highest BCUT2D eigenvalue weighted by atomic mass is 16.5. The molecule has 0 bridgehead atoms. The molecule has 1 aliphatic heterocycles. The monoisotopic (exact) mass is 476 g/mol. The third-order valence-corrected chi connectivity index (χ3v) is 6.66. The molecule has 0 spiro atoms. The number of piperidine rings is 1. The van der Waals surface area contributed by atoms with Crippen LogP contribution in [0.15, 0.2) is 30.9 Å². The van der Waals surface area contributed by atoms with Crippen LogP contribution in [0.4, 0.5) is 5.82 Å². The number of ether oxygens (including phenoxy) is 1. The van der Waals surface area contributed by atoms with E-state index in [0.717, 1.165) is 48.5 Å². The Labute approximate surface area is 204 Å². The smallest absolute Gasteiger partial charge is 0.234 e. The summed E-state index contributed by atoms with van der Waals surface area (Å²) in [7, 11) is 3.43. The van der Waals surface area contributed by atoms with Crippen molar-refractivity contribution < 1.29 is 9.53 Å². The van der Waals surface area contributed by atoms with Crippen LogP contribution in [0.5, 0.6) is 5.75 Å². The molecule has 10 nitrogen and oxygen atoms in total. The number of pyridine rings is 2. The molecule has 1 saturated heterocycles. The predicted molar refractivity (Wildman–Crippen MR) is 136 cm³/mol. The Morgan fingerprint density at radius 1 is 1.26 bits per heavy atom. The van der Waals surface area contributed by atoms with Crippen LogP contribution in [-0.4, -0.2) is 70.3 Å². The summed E-state index contributed by atoms with van der Waals surface area (Å²) in [4.78, 5) is 26.9. The van der Waals surface area contributed by atoms with Gasteiger partial charge in [-0.1, -0.05) is 13.8 Å². The topological polar surface area (TPSA) is 112 Å². The van der Waals surface area contributed by atoms with Gasteiger partial charge in [-0.2, -0.15) is 5.10 Å². The number of carbonyl (C=O) groups is 1. The summed E-state index contributed by atoms with van der Waals surface area (Å²) < 4.78 is 7.32. The number of likely N-dealkylation sites (N-methyl/N-ethyl adjacent to an activating group) is 1. The van der Waals surface area contributed by atoms with Gasteiger partial charge in [-0.25, -0.2) is 14.5 Å². The minimum absolute atomic E-state index is 0.0487. The first-order valence-corrected chi connectivity index (χ1v) is 12.1. The summed E-state index contributed by atoms with van der Waals surface area (Å²) in [6, 6.07) is 4.40. The Balaban J connectivity index is 1.46. The molecular weight excluding hydrogens is 444 g/mol. The summed E-state index contributed by atoms with van der Waals surface area (Å²) in [6.07, 6.45) is 7.24. The second kappa shape index (κ2) is 9.53. The van der Waals surface area contributed by atoms with E-state index in [9.17, 15) is 4.79 Å². The molecular formula is C25H32N8O2. The largest absolute Gasteiger partial charge is 0.493 e. The van der Waals surface area contributed by atoms with E-state index in [1.807, 2.05) is 18.5 Å². The van der Waals surface area contributed by atoms with Gasteiger partial charge < -0.3 is 25.3 Å². The number of fused-ring (bicyclic) bond motifs is 2. The predicted octanol–water partition coefficient (Wildman–Crippen LogP) is 2.71. The zero-order valence-electron chi connectivity index (χ0n) is 20.6. The average molecular weight is 477 g/mol. The summed E-state index contributed by atoms with van der Waals surface area (Å²) in [5.74, 6) is 1.98. The lowest BCUT2D eigenvalue weighted by atomic mass is 9.97. The van der Waals surface area contributed by atoms with Crippen LogP contribution in [0.2, 0.25) is 0 Å². The molecule has 184 valence electrons. The van der Waals surface area contributed by atoms with Gasteiger partial charge in [0, 0.05) is 36.3 Å². The molecule has 4 aromatic heterocycles. The number of nitrogens with zero attached hydrogens (tertiary/aromatic N) is 5. The maximum absolute atomic E-state index is 11.9. The molecule has 0 aliphatic carbocycles. The average Bonchev–Trinajstić information content (AvgIpc) is 3.48. The number of nitrogens with one attached hydrogen (secondary N) is 3. The standard InChI is InChI=1S/C25H32N8O2/c1-15(2)23-18-10-21(32-7-5-17(6-8-32)30-22(34)12-26-3)27-11-19(18)31-24(23)16-9-20(35-4)25-28-14-29-33(25)13-16/h9-11,13-15,17,26,31H,5-8,12H2,1-4H3,(H,30,34). The number of methoxy groups -OCH3 is 1. The minimum atomic E-state index is 0.0487. The molecule has 1 amide bonds. The molecule has 3 N–H and O–H groups in total. The van der Waals surface area contributed by atoms with E-state index >= 15 is 0 Å². The first-order chi connectivity index (χ1) is 17.0. The summed E-state index contributed by atoms with van der Waals surface area (Å²) >= 11 is 0. The van der Waals surface area contributed by atoms with Gasteiger partial charge in [-0.05, 0) is 43.5 Å². The highest BCUT2D eigenvalue weighted by Gasteiger charge is 2.23. The molecule has 35 heavy (non-hydrogen) atoms. The maximum atomic E-state index is 11.9. The fourth-order valence-corrected chi connectivity index (χ4v) is 4.98. The van der Waals surface area contributed by atoms with Crippen LogP contribution in [-0.2, 0) is 4.79 Å². The van der Waals surface area contributed by atoms with Gasteiger partial charge in [0.05, 0.1) is 31.1 Å². The molecule has 10 heteroatoms. The van der Waals surface area contributed by atoms with E-state index in [1.54, 1.807) is 18.7 Å². The van der Waals surface area contributed by atoms with E-state index in [2.05, 4.69) is 50.5 Å². The van der Waals surface area contributed by atoms with Crippen molar-refractivity contribution in [3.63, 3.8) is 0 Å². The third kappa shape index (κ3) is 4.41. The zero-order valence-corrected chi connectivity index (χ0v) is 20.6. The quantitative estimate of drug-likeness (QED) is 0.376. The molecule has 0 saturated carbocycles. The first-order valence-electron chi connectivity index (χ1n) is 12.1. The molecule has 0 unspecified atom stereocenters. The van der Waals surface area contributed by atoms with Gasteiger partial charge in [0.1, 0.15) is 12.1 Å². The van der Waals surface area contributed by atoms with Crippen LogP contribution in [0, 0.1) is 0 Å². The maximum Gasteiger partial charge on any atom is 0.234 e. The number of aromatic nitrogens is 5. The number of anilines is 1. The van der Waals surface area contributed by atoms with Crippen molar-refractivity contribution >= 4 is 28.3 Å². The zero-order chi connectivity index (χ0) is 24.5. The Morgan fingerprint density at radius 2 is 2.06 bits per heavy atom. The third-order valence-electron chi connectivity index (χ3n) is 6.66. The van der Waals surface area contributed by atoms with Crippen LogP contribution in [0.3, 0.4) is 0 Å². The lowest BCUT2D eigenvalue weighted by molar-refractivity contribution is -0.121. The van der Waals surface area contributed by atoms with Gasteiger partial charge in [0.2, 0.25) is 5.91 Å². The Kier molecular flexibility index (Phi) is 6.29. The second-order valence-electron chi connectivity index (χ2n) is 9.34. The molecule has 4 aromatic rings. The minimum Gasteiger partial charge on any atom is -0.493 e. The first kappa shape index (κ1) is 23.1.